The Labute approximate surface area is 287 Å². The van der Waals surface area contributed by atoms with Gasteiger partial charge in [0.2, 0.25) is 0 Å². The van der Waals surface area contributed by atoms with Crippen LogP contribution in [0.4, 0.5) is 0 Å². The molecule has 6 N–H and O–H groups in total. The zero-order valence-corrected chi connectivity index (χ0v) is 30.3. The van der Waals surface area contributed by atoms with Crippen LogP contribution in [0.5, 0.6) is 0 Å². The van der Waals surface area contributed by atoms with Crippen LogP contribution in [-0.2, 0) is 35.6 Å². The summed E-state index contributed by atoms with van der Waals surface area (Å²) in [5.74, 6) is -1.74. The minimum absolute atomic E-state index is 0. The summed E-state index contributed by atoms with van der Waals surface area (Å²) in [7, 11) is -5.01. The number of hydrogen-bond acceptors (Lipinski definition) is 9. The Morgan fingerprint density at radius 1 is 0.773 bits per heavy atom. The summed E-state index contributed by atoms with van der Waals surface area (Å²) in [5, 5.41) is -2.06. The van der Waals surface area contributed by atoms with Crippen LogP contribution in [0.1, 0.15) is 96.6 Å². The Kier molecular flexibility index (Phi) is 23.7. The average Bonchev–Trinajstić information content (AvgIpc) is 3.34. The standard InChI is InChI=1S/C20H38O7S.C13H10.2H3N.Na/c1-5-9-11-16(7-3)14-26-19(21)13-18(28(23,24)25)20(22)27-15-17(8-4)12-10-6-2;1-3-7-12-10(5-1)9-11-6-2-4-8-13(11)12;;;/h16-18H,5-15H2,1-4H3,(H,23,24,25);1-8H,9H2;2*1H3;/q;;;;+1/p-1. The number of ether oxygens (including phenoxy) is 2. The van der Waals surface area contributed by atoms with Crippen LogP contribution in [0.15, 0.2) is 48.5 Å². The molecule has 0 heterocycles. The molecule has 1 aliphatic rings. The molecule has 0 spiro atoms. The second-order valence-electron chi connectivity index (χ2n) is 10.8. The first-order chi connectivity index (χ1) is 19.6. The summed E-state index contributed by atoms with van der Waals surface area (Å²) < 4.78 is 44.6. The van der Waals surface area contributed by atoms with Gasteiger partial charge >= 0.3 is 41.5 Å². The van der Waals surface area contributed by atoms with E-state index in [1.807, 2.05) is 13.8 Å². The molecule has 0 aliphatic heterocycles. The van der Waals surface area contributed by atoms with Crippen LogP contribution in [0.25, 0.3) is 11.1 Å². The Morgan fingerprint density at radius 3 is 1.61 bits per heavy atom. The minimum Gasteiger partial charge on any atom is -0.747 e. The van der Waals surface area contributed by atoms with Crippen molar-refractivity contribution in [3.63, 3.8) is 0 Å². The number of carbonyl (C=O) groups is 2. The number of carbonyl (C=O) groups excluding carboxylic acids is 2. The van der Waals surface area contributed by atoms with Gasteiger partial charge in [-0.25, -0.2) is 8.42 Å². The van der Waals surface area contributed by atoms with Gasteiger partial charge in [0.1, 0.15) is 10.1 Å². The SMILES string of the molecule is CCCCC(CC)COC(=O)CC(C(=O)OCC(CC)CCCC)S(=O)(=O)[O-].N.N.[Na+].c1ccc2c(c1)Cc1ccccc1-2. The predicted molar refractivity (Wildman–Crippen MR) is 171 cm³/mol. The molecule has 3 atom stereocenters. The van der Waals surface area contributed by atoms with Crippen molar-refractivity contribution < 1.29 is 61.6 Å². The molecular weight excluding hydrogens is 591 g/mol. The summed E-state index contributed by atoms with van der Waals surface area (Å²) in [4.78, 5) is 24.1. The number of benzene rings is 2. The van der Waals surface area contributed by atoms with Gasteiger partial charge in [-0.15, -0.1) is 0 Å². The molecule has 0 radical (unpaired) electrons. The van der Waals surface area contributed by atoms with E-state index in [1.54, 1.807) is 0 Å². The maximum atomic E-state index is 12.1. The average molecular weight is 645 g/mol. The summed E-state index contributed by atoms with van der Waals surface area (Å²) in [6.07, 6.45) is 7.69. The van der Waals surface area contributed by atoms with Gasteiger partial charge in [0.05, 0.1) is 19.6 Å². The van der Waals surface area contributed by atoms with Crippen molar-refractivity contribution in [2.45, 2.75) is 97.2 Å². The maximum Gasteiger partial charge on any atom is 1.00 e. The first kappa shape index (κ1) is 44.3. The normalized spacial score (nSPS) is 13.1. The van der Waals surface area contributed by atoms with Crippen LogP contribution in [0.2, 0.25) is 0 Å². The van der Waals surface area contributed by atoms with E-state index < -0.39 is 33.7 Å². The number of unbranched alkanes of at least 4 members (excludes halogenated alkanes) is 2. The molecule has 0 saturated heterocycles. The van der Waals surface area contributed by atoms with Crippen molar-refractivity contribution >= 4 is 22.1 Å². The molecule has 0 aromatic heterocycles. The molecule has 0 amide bonds. The van der Waals surface area contributed by atoms with E-state index in [0.29, 0.717) is 0 Å². The monoisotopic (exact) mass is 644 g/mol. The van der Waals surface area contributed by atoms with Crippen LogP contribution < -0.4 is 41.9 Å². The summed E-state index contributed by atoms with van der Waals surface area (Å²) in [6, 6.07) is 17.3. The molecule has 1 aliphatic carbocycles. The van der Waals surface area contributed by atoms with Gasteiger partial charge in [0.15, 0.2) is 5.25 Å². The van der Waals surface area contributed by atoms with Crippen molar-refractivity contribution in [3.8, 4) is 11.1 Å². The van der Waals surface area contributed by atoms with Crippen LogP contribution in [-0.4, -0.2) is 43.4 Å². The third-order valence-electron chi connectivity index (χ3n) is 7.70. The Balaban J connectivity index is 0. The van der Waals surface area contributed by atoms with E-state index in [2.05, 4.69) is 62.4 Å². The number of esters is 2. The third-order valence-corrected chi connectivity index (χ3v) is 8.75. The van der Waals surface area contributed by atoms with E-state index in [-0.39, 0.29) is 66.9 Å². The van der Waals surface area contributed by atoms with Crippen molar-refractivity contribution in [2.24, 2.45) is 11.8 Å². The van der Waals surface area contributed by atoms with Gasteiger partial charge in [-0.05, 0) is 53.4 Å². The van der Waals surface area contributed by atoms with Crippen molar-refractivity contribution in [1.82, 2.24) is 12.3 Å². The smallest absolute Gasteiger partial charge is 0.747 e. The topological polar surface area (TPSA) is 180 Å². The van der Waals surface area contributed by atoms with Crippen molar-refractivity contribution in [3.05, 3.63) is 59.7 Å². The maximum absolute atomic E-state index is 12.1. The van der Waals surface area contributed by atoms with Gasteiger partial charge in [-0.3, -0.25) is 9.59 Å². The Bertz CT molecular complexity index is 1170. The fourth-order valence-electron chi connectivity index (χ4n) is 4.89. The third kappa shape index (κ3) is 15.0. The molecule has 2 aromatic carbocycles. The number of rotatable bonds is 16. The largest absolute Gasteiger partial charge is 1.00 e. The van der Waals surface area contributed by atoms with Gasteiger partial charge in [-0.2, -0.15) is 0 Å². The molecule has 3 unspecified atom stereocenters. The molecule has 11 heteroatoms. The number of hydrogen-bond donors (Lipinski definition) is 2. The summed E-state index contributed by atoms with van der Waals surface area (Å²) >= 11 is 0. The van der Waals surface area contributed by atoms with Crippen LogP contribution in [0.3, 0.4) is 0 Å². The molecule has 2 aromatic rings. The van der Waals surface area contributed by atoms with Crippen LogP contribution in [0, 0.1) is 11.8 Å². The van der Waals surface area contributed by atoms with Crippen molar-refractivity contribution in [1.29, 1.82) is 0 Å². The molecule has 0 saturated carbocycles. The van der Waals surface area contributed by atoms with E-state index in [0.717, 1.165) is 57.8 Å². The zero-order chi connectivity index (χ0) is 30.3. The minimum atomic E-state index is -5.01. The first-order valence-electron chi connectivity index (χ1n) is 15.1. The molecular formula is C33H53N2NaO7S. The fraction of sp³-hybridized carbons (Fsp3) is 0.576. The van der Waals surface area contributed by atoms with E-state index in [9.17, 15) is 22.6 Å². The van der Waals surface area contributed by atoms with E-state index >= 15 is 0 Å². The molecule has 0 bridgehead atoms. The molecule has 3 rings (SSSR count). The fourth-order valence-corrected chi connectivity index (χ4v) is 5.54. The van der Waals surface area contributed by atoms with E-state index in [1.165, 1.54) is 22.3 Å². The molecule has 9 nitrogen and oxygen atoms in total. The summed E-state index contributed by atoms with van der Waals surface area (Å²) in [6.45, 7) is 8.26. The van der Waals surface area contributed by atoms with Gasteiger partial charge in [-0.1, -0.05) is 115 Å². The predicted octanol–water partition coefficient (Wildman–Crippen LogP) is 4.40. The molecule has 244 valence electrons. The molecule has 44 heavy (non-hydrogen) atoms. The van der Waals surface area contributed by atoms with E-state index in [4.69, 9.17) is 9.47 Å². The van der Waals surface area contributed by atoms with Crippen LogP contribution >= 0.6 is 0 Å². The second-order valence-corrected chi connectivity index (χ2v) is 12.4. The zero-order valence-electron chi connectivity index (χ0n) is 27.5. The van der Waals surface area contributed by atoms with Crippen molar-refractivity contribution in [2.75, 3.05) is 13.2 Å². The quantitative estimate of drug-likeness (QED) is 0.130. The Morgan fingerprint density at radius 2 is 1.20 bits per heavy atom. The first-order valence-corrected chi connectivity index (χ1v) is 16.5. The Hall–Kier alpha value is -1.79. The van der Waals surface area contributed by atoms with Gasteiger partial charge < -0.3 is 26.3 Å². The summed E-state index contributed by atoms with van der Waals surface area (Å²) in [5.41, 5.74) is 5.75. The van der Waals surface area contributed by atoms with Gasteiger partial charge in [0, 0.05) is 0 Å². The van der Waals surface area contributed by atoms with Gasteiger partial charge in [0.25, 0.3) is 0 Å². The molecule has 0 fully saturated rings. The second kappa shape index (κ2) is 23.5. The number of fused-ring (bicyclic) bond motifs is 3.